The normalized spacial score (nSPS) is 12.6. The number of aliphatic carboxylic acids is 1. The van der Waals surface area contributed by atoms with Gasteiger partial charge in [-0.1, -0.05) is 37.2 Å². The largest absolute Gasteiger partial charge is 0.481 e. The molecule has 0 amide bonds. The molecule has 0 radical (unpaired) electrons. The zero-order chi connectivity index (χ0) is 24.3. The summed E-state index contributed by atoms with van der Waals surface area (Å²) in [5.41, 5.74) is 3.42. The van der Waals surface area contributed by atoms with Gasteiger partial charge in [-0.15, -0.1) is 11.3 Å². The molecule has 3 aromatic rings. The van der Waals surface area contributed by atoms with Gasteiger partial charge in [-0.2, -0.15) is 13.2 Å². The Hall–Kier alpha value is -2.87. The first-order chi connectivity index (χ1) is 15.5. The van der Waals surface area contributed by atoms with E-state index < -0.39 is 17.7 Å². The molecule has 8 heteroatoms. The van der Waals surface area contributed by atoms with E-state index in [1.54, 1.807) is 6.07 Å². The van der Waals surface area contributed by atoms with Crippen LogP contribution in [-0.4, -0.2) is 22.0 Å². The van der Waals surface area contributed by atoms with Crippen LogP contribution in [0.25, 0.3) is 10.1 Å². The summed E-state index contributed by atoms with van der Waals surface area (Å²) in [5, 5.41) is 22.8. The molecule has 2 aromatic carbocycles. The van der Waals surface area contributed by atoms with Crippen molar-refractivity contribution in [3.8, 4) is 0 Å². The molecular formula is C25H26F3NO3S. The monoisotopic (exact) mass is 477 g/mol. The number of rotatable bonds is 8. The molecule has 0 spiro atoms. The summed E-state index contributed by atoms with van der Waals surface area (Å²) in [5.74, 6) is -0.724. The number of carbonyl (C=O) groups is 1. The van der Waals surface area contributed by atoms with Crippen LogP contribution in [0.4, 0.5) is 13.2 Å². The predicted octanol–water partition coefficient (Wildman–Crippen LogP) is 7.18. The van der Waals surface area contributed by atoms with Crippen molar-refractivity contribution in [2.24, 2.45) is 5.16 Å². The minimum absolute atomic E-state index is 0.0428. The Morgan fingerprint density at radius 2 is 1.82 bits per heavy atom. The Labute approximate surface area is 194 Å². The van der Waals surface area contributed by atoms with E-state index in [1.165, 1.54) is 17.4 Å². The summed E-state index contributed by atoms with van der Waals surface area (Å²) >= 11 is 1.35. The summed E-state index contributed by atoms with van der Waals surface area (Å²) < 4.78 is 40.1. The summed E-state index contributed by atoms with van der Waals surface area (Å²) in [7, 11) is 0. The van der Waals surface area contributed by atoms with E-state index in [0.717, 1.165) is 38.6 Å². The molecule has 0 atom stereocenters. The standard InChI is InChI=1S/C25H26F3NO3S/c1-14(2)24-19-8-7-18(25(26,27)28)13-22(19)33-21(24)10-9-20(29-32)17-5-4-16(15(3)12-17)6-11-23(30)31/h4-5,7-8,12-14,32H,6,9-11H2,1-3H3,(H,30,31). The number of hydrogen-bond donors (Lipinski definition) is 2. The van der Waals surface area contributed by atoms with Crippen LogP contribution in [0.5, 0.6) is 0 Å². The van der Waals surface area contributed by atoms with Crippen LogP contribution in [-0.2, 0) is 23.8 Å². The van der Waals surface area contributed by atoms with E-state index in [1.807, 2.05) is 39.0 Å². The van der Waals surface area contributed by atoms with Gasteiger partial charge >= 0.3 is 12.1 Å². The molecule has 0 fully saturated rings. The number of oxime groups is 1. The fraction of sp³-hybridized carbons (Fsp3) is 0.360. The number of halogens is 3. The van der Waals surface area contributed by atoms with Gasteiger partial charge in [0.2, 0.25) is 0 Å². The molecule has 0 saturated heterocycles. The fourth-order valence-corrected chi connectivity index (χ4v) is 5.44. The van der Waals surface area contributed by atoms with Crippen molar-refractivity contribution in [1.29, 1.82) is 0 Å². The minimum atomic E-state index is -4.39. The topological polar surface area (TPSA) is 69.9 Å². The average molecular weight is 478 g/mol. The summed E-state index contributed by atoms with van der Waals surface area (Å²) in [4.78, 5) is 11.8. The molecule has 0 aliphatic rings. The third-order valence-electron chi connectivity index (χ3n) is 5.70. The van der Waals surface area contributed by atoms with Crippen LogP contribution in [0.1, 0.15) is 65.3 Å². The average Bonchev–Trinajstić information content (AvgIpc) is 3.10. The van der Waals surface area contributed by atoms with E-state index >= 15 is 0 Å². The second-order valence-corrected chi connectivity index (χ2v) is 9.52. The summed E-state index contributed by atoms with van der Waals surface area (Å²) in [6.07, 6.45) is -2.97. The number of thiophene rings is 1. The van der Waals surface area contributed by atoms with Crippen LogP contribution in [0.2, 0.25) is 0 Å². The van der Waals surface area contributed by atoms with E-state index in [-0.39, 0.29) is 12.3 Å². The van der Waals surface area contributed by atoms with Crippen LogP contribution in [0.3, 0.4) is 0 Å². The lowest BCUT2D eigenvalue weighted by molar-refractivity contribution is -0.138. The molecule has 1 aromatic heterocycles. The first kappa shape index (κ1) is 24.8. The van der Waals surface area contributed by atoms with Gasteiger partial charge in [0.05, 0.1) is 11.3 Å². The highest BCUT2D eigenvalue weighted by atomic mass is 32.1. The van der Waals surface area contributed by atoms with E-state index in [4.69, 9.17) is 5.11 Å². The predicted molar refractivity (Wildman–Crippen MR) is 125 cm³/mol. The van der Waals surface area contributed by atoms with E-state index in [9.17, 15) is 23.2 Å². The van der Waals surface area contributed by atoms with Gasteiger partial charge in [0.1, 0.15) is 0 Å². The Morgan fingerprint density at radius 3 is 2.39 bits per heavy atom. The molecule has 33 heavy (non-hydrogen) atoms. The maximum absolute atomic E-state index is 13.1. The van der Waals surface area contributed by atoms with Gasteiger partial charge in [-0.3, -0.25) is 4.79 Å². The Kier molecular flexibility index (Phi) is 7.47. The zero-order valence-corrected chi connectivity index (χ0v) is 19.5. The summed E-state index contributed by atoms with van der Waals surface area (Å²) in [6.45, 7) is 5.92. The number of nitrogens with zero attached hydrogens (tertiary/aromatic N) is 1. The molecule has 0 unspecified atom stereocenters. The number of fused-ring (bicyclic) bond motifs is 1. The number of benzene rings is 2. The molecular weight excluding hydrogens is 451 g/mol. The van der Waals surface area contributed by atoms with Gasteiger partial charge in [-0.25, -0.2) is 0 Å². The molecule has 0 aliphatic heterocycles. The van der Waals surface area contributed by atoms with Crippen molar-refractivity contribution in [3.63, 3.8) is 0 Å². The maximum atomic E-state index is 13.1. The fourth-order valence-electron chi connectivity index (χ4n) is 4.04. The lowest BCUT2D eigenvalue weighted by atomic mass is 9.94. The molecule has 4 nitrogen and oxygen atoms in total. The smallest absolute Gasteiger partial charge is 0.416 e. The van der Waals surface area contributed by atoms with Crippen LogP contribution in [0, 0.1) is 6.92 Å². The van der Waals surface area contributed by atoms with Gasteiger partial charge in [0.15, 0.2) is 0 Å². The number of alkyl halides is 3. The van der Waals surface area contributed by atoms with Gasteiger partial charge in [0.25, 0.3) is 0 Å². The van der Waals surface area contributed by atoms with Crippen molar-refractivity contribution in [3.05, 3.63) is 69.1 Å². The van der Waals surface area contributed by atoms with Crippen molar-refractivity contribution < 1.29 is 28.3 Å². The number of carboxylic acids is 1. The van der Waals surface area contributed by atoms with Gasteiger partial charge in [-0.05, 0) is 77.9 Å². The second-order valence-electron chi connectivity index (χ2n) is 8.38. The summed E-state index contributed by atoms with van der Waals surface area (Å²) in [6, 6.07) is 9.40. The molecule has 0 aliphatic carbocycles. The molecule has 0 saturated carbocycles. The first-order valence-electron chi connectivity index (χ1n) is 10.7. The maximum Gasteiger partial charge on any atom is 0.416 e. The van der Waals surface area contributed by atoms with Crippen LogP contribution < -0.4 is 0 Å². The second kappa shape index (κ2) is 9.95. The van der Waals surface area contributed by atoms with Crippen LogP contribution >= 0.6 is 11.3 Å². The van der Waals surface area contributed by atoms with Crippen molar-refractivity contribution in [1.82, 2.24) is 0 Å². The van der Waals surface area contributed by atoms with Gasteiger partial charge in [0, 0.05) is 16.0 Å². The Balaban J connectivity index is 1.85. The lowest BCUT2D eigenvalue weighted by Crippen LogP contribution is -2.06. The molecule has 176 valence electrons. The van der Waals surface area contributed by atoms with Crippen LogP contribution in [0.15, 0.2) is 41.6 Å². The minimum Gasteiger partial charge on any atom is -0.481 e. The van der Waals surface area contributed by atoms with Crippen molar-refractivity contribution >= 4 is 33.1 Å². The van der Waals surface area contributed by atoms with E-state index in [0.29, 0.717) is 29.7 Å². The first-order valence-corrected chi connectivity index (χ1v) is 11.5. The molecule has 2 N–H and O–H groups in total. The molecule has 3 rings (SSSR count). The number of hydrogen-bond acceptors (Lipinski definition) is 4. The van der Waals surface area contributed by atoms with Gasteiger partial charge < -0.3 is 10.3 Å². The quantitative estimate of drug-likeness (QED) is 0.205. The third kappa shape index (κ3) is 5.74. The van der Waals surface area contributed by atoms with Crippen molar-refractivity contribution in [2.75, 3.05) is 0 Å². The highest BCUT2D eigenvalue weighted by Gasteiger charge is 2.31. The highest BCUT2D eigenvalue weighted by molar-refractivity contribution is 7.19. The van der Waals surface area contributed by atoms with E-state index in [2.05, 4.69) is 5.16 Å². The Bertz CT molecular complexity index is 1200. The molecule has 1 heterocycles. The number of aryl methyl sites for hydroxylation is 3. The van der Waals surface area contributed by atoms with Crippen molar-refractivity contribution in [2.45, 2.75) is 58.5 Å². The molecule has 0 bridgehead atoms. The zero-order valence-electron chi connectivity index (χ0n) is 18.7. The lowest BCUT2D eigenvalue weighted by Gasteiger charge is -2.11. The SMILES string of the molecule is Cc1cc(C(CCc2sc3cc(C(F)(F)F)ccc3c2C(C)C)=NO)ccc1CCC(=O)O. The highest BCUT2D eigenvalue weighted by Crippen LogP contribution is 2.40. The Morgan fingerprint density at radius 1 is 1.09 bits per heavy atom. The third-order valence-corrected chi connectivity index (χ3v) is 6.93. The number of carboxylic acid groups (broad SMARTS) is 1.